The number of nitrogens with one attached hydrogen (secondary N) is 2. The molecule has 0 spiro atoms. The highest BCUT2D eigenvalue weighted by atomic mass is 16.5. The summed E-state index contributed by atoms with van der Waals surface area (Å²) in [6.07, 6.45) is 5.47. The smallest absolute Gasteiger partial charge is 0.240 e. The summed E-state index contributed by atoms with van der Waals surface area (Å²) < 4.78 is 5.54. The van der Waals surface area contributed by atoms with Gasteiger partial charge >= 0.3 is 0 Å². The lowest BCUT2D eigenvalue weighted by Gasteiger charge is -2.33. The van der Waals surface area contributed by atoms with Gasteiger partial charge in [0.1, 0.15) is 6.04 Å². The van der Waals surface area contributed by atoms with Crippen molar-refractivity contribution in [3.05, 3.63) is 0 Å². The van der Waals surface area contributed by atoms with Gasteiger partial charge in [-0.05, 0) is 50.9 Å². The first-order valence-electron chi connectivity index (χ1n) is 7.80. The summed E-state index contributed by atoms with van der Waals surface area (Å²) in [6, 6.07) is 0.119. The van der Waals surface area contributed by atoms with Crippen LogP contribution >= 0.6 is 0 Å². The second-order valence-electron chi connectivity index (χ2n) is 6.64. The average Bonchev–Trinajstić information content (AvgIpc) is 3.01. The molecular weight excluding hydrogens is 240 g/mol. The first-order valence-corrected chi connectivity index (χ1v) is 7.80. The third kappa shape index (κ3) is 2.65. The normalized spacial score (nSPS) is 43.2. The van der Waals surface area contributed by atoms with E-state index in [9.17, 15) is 4.79 Å². The van der Waals surface area contributed by atoms with Crippen molar-refractivity contribution in [2.24, 2.45) is 17.8 Å². The average molecular weight is 266 g/mol. The number of carbonyl (C=O) groups excluding carboxylic acids is 1. The third-order valence-corrected chi connectivity index (χ3v) is 5.40. The van der Waals surface area contributed by atoms with Crippen molar-refractivity contribution in [2.45, 2.75) is 57.7 Å². The zero-order valence-electron chi connectivity index (χ0n) is 12.0. The molecular formula is C15H26N2O2. The van der Waals surface area contributed by atoms with E-state index in [0.29, 0.717) is 18.6 Å². The van der Waals surface area contributed by atoms with Crippen molar-refractivity contribution >= 4 is 5.91 Å². The van der Waals surface area contributed by atoms with Crippen LogP contribution in [0.1, 0.15) is 39.5 Å². The van der Waals surface area contributed by atoms with Crippen LogP contribution < -0.4 is 10.6 Å². The van der Waals surface area contributed by atoms with Crippen LogP contribution in [0.3, 0.4) is 0 Å². The molecule has 3 aliphatic rings. The Bertz CT molecular complexity index is 347. The summed E-state index contributed by atoms with van der Waals surface area (Å²) >= 11 is 0. The van der Waals surface area contributed by atoms with Crippen LogP contribution in [0, 0.1) is 17.8 Å². The van der Waals surface area contributed by atoms with E-state index < -0.39 is 0 Å². The fourth-order valence-electron chi connectivity index (χ4n) is 4.35. The molecule has 0 radical (unpaired) electrons. The maximum absolute atomic E-state index is 12.3. The molecule has 2 bridgehead atoms. The quantitative estimate of drug-likeness (QED) is 0.809. The summed E-state index contributed by atoms with van der Waals surface area (Å²) in [4.78, 5) is 12.3. The predicted octanol–water partition coefficient (Wildman–Crippen LogP) is 1.30. The van der Waals surface area contributed by atoms with Crippen molar-refractivity contribution < 1.29 is 9.53 Å². The summed E-state index contributed by atoms with van der Waals surface area (Å²) in [5, 5.41) is 6.49. The molecule has 4 heteroatoms. The van der Waals surface area contributed by atoms with E-state index in [-0.39, 0.29) is 18.1 Å². The summed E-state index contributed by atoms with van der Waals surface area (Å²) in [7, 11) is 0. The number of rotatable bonds is 3. The lowest BCUT2D eigenvalue weighted by Crippen LogP contribution is -2.57. The molecule has 0 aromatic rings. The van der Waals surface area contributed by atoms with Gasteiger partial charge in [-0.2, -0.15) is 0 Å². The van der Waals surface area contributed by atoms with Crippen LogP contribution in [0.4, 0.5) is 0 Å². The molecule has 1 heterocycles. The van der Waals surface area contributed by atoms with E-state index in [1.807, 2.05) is 6.92 Å². The molecule has 4 nitrogen and oxygen atoms in total. The van der Waals surface area contributed by atoms with Crippen molar-refractivity contribution in [3.8, 4) is 0 Å². The fraction of sp³-hybridized carbons (Fsp3) is 0.933. The fourth-order valence-corrected chi connectivity index (χ4v) is 4.35. The number of ether oxygens (including phenoxy) is 1. The monoisotopic (exact) mass is 266 g/mol. The summed E-state index contributed by atoms with van der Waals surface area (Å²) in [5.74, 6) is 2.60. The molecule has 1 aliphatic heterocycles. The van der Waals surface area contributed by atoms with Gasteiger partial charge in [0.2, 0.25) is 5.91 Å². The molecule has 1 amide bonds. The van der Waals surface area contributed by atoms with Crippen LogP contribution in [-0.4, -0.2) is 37.2 Å². The number of hydrogen-bond donors (Lipinski definition) is 2. The number of amides is 1. The first kappa shape index (κ1) is 13.4. The van der Waals surface area contributed by atoms with Gasteiger partial charge in [-0.25, -0.2) is 0 Å². The van der Waals surface area contributed by atoms with E-state index in [2.05, 4.69) is 17.6 Å². The molecule has 4 unspecified atom stereocenters. The molecule has 108 valence electrons. The minimum absolute atomic E-state index is 0.0269. The lowest BCUT2D eigenvalue weighted by atomic mass is 9.84. The predicted molar refractivity (Wildman–Crippen MR) is 73.7 cm³/mol. The highest BCUT2D eigenvalue weighted by molar-refractivity contribution is 5.82. The van der Waals surface area contributed by atoms with E-state index in [4.69, 9.17) is 4.74 Å². The van der Waals surface area contributed by atoms with Gasteiger partial charge in [-0.1, -0.05) is 6.42 Å². The molecule has 2 aliphatic carbocycles. The molecule has 6 atom stereocenters. The Morgan fingerprint density at radius 1 is 1.37 bits per heavy atom. The minimum atomic E-state index is -0.185. The van der Waals surface area contributed by atoms with E-state index in [1.165, 1.54) is 25.7 Å². The van der Waals surface area contributed by atoms with Gasteiger partial charge in [0.05, 0.1) is 12.7 Å². The number of carbonyl (C=O) groups is 1. The number of hydrogen-bond acceptors (Lipinski definition) is 3. The first-order chi connectivity index (χ1) is 9.15. The molecule has 3 fully saturated rings. The van der Waals surface area contributed by atoms with E-state index in [1.54, 1.807) is 0 Å². The van der Waals surface area contributed by atoms with Crippen molar-refractivity contribution in [3.63, 3.8) is 0 Å². The Labute approximate surface area is 115 Å². The number of morpholine rings is 1. The molecule has 2 N–H and O–H groups in total. The van der Waals surface area contributed by atoms with Crippen LogP contribution in [0.2, 0.25) is 0 Å². The van der Waals surface area contributed by atoms with Gasteiger partial charge in [-0.15, -0.1) is 0 Å². The van der Waals surface area contributed by atoms with Crippen LogP contribution in [0.15, 0.2) is 0 Å². The van der Waals surface area contributed by atoms with E-state index >= 15 is 0 Å². The van der Waals surface area contributed by atoms with Crippen molar-refractivity contribution in [1.82, 2.24) is 10.6 Å². The molecule has 2 saturated carbocycles. The van der Waals surface area contributed by atoms with Gasteiger partial charge in [0.15, 0.2) is 0 Å². The second kappa shape index (κ2) is 5.41. The molecule has 19 heavy (non-hydrogen) atoms. The van der Waals surface area contributed by atoms with Crippen molar-refractivity contribution in [2.75, 3.05) is 13.2 Å². The van der Waals surface area contributed by atoms with Crippen molar-refractivity contribution in [1.29, 1.82) is 0 Å². The van der Waals surface area contributed by atoms with Gasteiger partial charge in [-0.3, -0.25) is 4.79 Å². The highest BCUT2D eigenvalue weighted by Gasteiger charge is 2.42. The Hall–Kier alpha value is -0.610. The molecule has 3 rings (SSSR count). The lowest BCUT2D eigenvalue weighted by molar-refractivity contribution is -0.130. The Kier molecular flexibility index (Phi) is 3.81. The van der Waals surface area contributed by atoms with E-state index in [0.717, 1.165) is 18.4 Å². The largest absolute Gasteiger partial charge is 0.375 e. The van der Waals surface area contributed by atoms with Gasteiger partial charge in [0, 0.05) is 12.6 Å². The Balaban J connectivity index is 1.54. The second-order valence-corrected chi connectivity index (χ2v) is 6.64. The maximum atomic E-state index is 12.3. The van der Waals surface area contributed by atoms with Gasteiger partial charge in [0.25, 0.3) is 0 Å². The molecule has 0 aromatic carbocycles. The highest BCUT2D eigenvalue weighted by Crippen LogP contribution is 2.49. The zero-order chi connectivity index (χ0) is 13.4. The van der Waals surface area contributed by atoms with Crippen LogP contribution in [0.25, 0.3) is 0 Å². The number of fused-ring (bicyclic) bond motifs is 2. The topological polar surface area (TPSA) is 50.4 Å². The summed E-state index contributed by atoms with van der Waals surface area (Å²) in [5.41, 5.74) is 0. The SMILES string of the molecule is CC(NC(=O)[C@H]1NCCO[C@@H]1C)C1CC2CCC1C2. The standard InChI is InChI=1S/C15H26N2O2/c1-9(13-8-11-3-4-12(13)7-11)17-15(18)14-10(2)19-6-5-16-14/h9-14,16H,3-8H2,1-2H3,(H,17,18)/t9?,10-,11?,12?,13?,14+/m1/s1. The minimum Gasteiger partial charge on any atom is -0.375 e. The third-order valence-electron chi connectivity index (χ3n) is 5.40. The Morgan fingerprint density at radius 2 is 2.21 bits per heavy atom. The van der Waals surface area contributed by atoms with Crippen LogP contribution in [-0.2, 0) is 9.53 Å². The van der Waals surface area contributed by atoms with Crippen LogP contribution in [0.5, 0.6) is 0 Å². The van der Waals surface area contributed by atoms with Gasteiger partial charge < -0.3 is 15.4 Å². The molecule has 0 aromatic heterocycles. The Morgan fingerprint density at radius 3 is 2.84 bits per heavy atom. The zero-order valence-corrected chi connectivity index (χ0v) is 12.0. The molecule has 1 saturated heterocycles. The summed E-state index contributed by atoms with van der Waals surface area (Å²) in [6.45, 7) is 5.62. The maximum Gasteiger partial charge on any atom is 0.240 e.